The molecule has 3 rings (SSSR count). The van der Waals surface area contributed by atoms with E-state index in [4.69, 9.17) is 4.74 Å². The molecule has 1 aromatic carbocycles. The summed E-state index contributed by atoms with van der Waals surface area (Å²) in [6, 6.07) is 9.87. The lowest BCUT2D eigenvalue weighted by Crippen LogP contribution is -2.01. The van der Waals surface area contributed by atoms with Gasteiger partial charge in [0.25, 0.3) is 0 Å². The molecule has 0 unspecified atom stereocenters. The zero-order chi connectivity index (χ0) is 14.7. The summed E-state index contributed by atoms with van der Waals surface area (Å²) in [4.78, 5) is 4.42. The van der Waals surface area contributed by atoms with Crippen LogP contribution in [0.25, 0.3) is 10.2 Å². The third-order valence-electron chi connectivity index (χ3n) is 3.31. The number of hydrogen-bond donors (Lipinski definition) is 2. The van der Waals surface area contributed by atoms with Crippen LogP contribution < -0.4 is 10.1 Å². The van der Waals surface area contributed by atoms with Gasteiger partial charge in [0.2, 0.25) is 0 Å². The summed E-state index contributed by atoms with van der Waals surface area (Å²) in [5.41, 5.74) is 3.89. The second kappa shape index (κ2) is 6.11. The predicted molar refractivity (Wildman–Crippen MR) is 85.9 cm³/mol. The number of thiophene rings is 1. The minimum Gasteiger partial charge on any atom is -0.496 e. The van der Waals surface area contributed by atoms with Gasteiger partial charge in [-0.15, -0.1) is 11.3 Å². The summed E-state index contributed by atoms with van der Waals surface area (Å²) in [6.45, 7) is 0.652. The Balaban J connectivity index is 1.74. The van der Waals surface area contributed by atoms with E-state index < -0.39 is 0 Å². The molecule has 0 spiro atoms. The first-order valence-corrected chi connectivity index (χ1v) is 7.52. The highest BCUT2D eigenvalue weighted by molar-refractivity contribution is 7.17. The Kier molecular flexibility index (Phi) is 4.03. The quantitative estimate of drug-likeness (QED) is 0.758. The van der Waals surface area contributed by atoms with Gasteiger partial charge in [0, 0.05) is 24.0 Å². The number of aliphatic hydroxyl groups is 1. The maximum atomic E-state index is 9.34. The average Bonchev–Trinajstić information content (AvgIpc) is 3.00. The molecule has 3 aromatic rings. The van der Waals surface area contributed by atoms with Crippen molar-refractivity contribution in [1.29, 1.82) is 0 Å². The zero-order valence-electron chi connectivity index (χ0n) is 11.7. The molecule has 0 aliphatic rings. The van der Waals surface area contributed by atoms with Crippen molar-refractivity contribution in [3.8, 4) is 5.75 Å². The molecule has 0 amide bonds. The van der Waals surface area contributed by atoms with E-state index in [1.165, 1.54) is 4.70 Å². The Morgan fingerprint density at radius 2 is 2.19 bits per heavy atom. The number of pyridine rings is 1. The van der Waals surface area contributed by atoms with Crippen molar-refractivity contribution in [2.24, 2.45) is 0 Å². The first-order valence-electron chi connectivity index (χ1n) is 6.64. The van der Waals surface area contributed by atoms with Gasteiger partial charge in [0.15, 0.2) is 0 Å². The average molecular weight is 300 g/mol. The number of anilines is 1. The number of nitrogens with one attached hydrogen (secondary N) is 1. The van der Waals surface area contributed by atoms with Crippen LogP contribution in [-0.4, -0.2) is 17.2 Å². The second-order valence-corrected chi connectivity index (χ2v) is 5.63. The van der Waals surface area contributed by atoms with Crippen LogP contribution in [0.4, 0.5) is 5.69 Å². The number of fused-ring (bicyclic) bond motifs is 1. The van der Waals surface area contributed by atoms with Gasteiger partial charge in [-0.3, -0.25) is 4.98 Å². The Morgan fingerprint density at radius 3 is 3.00 bits per heavy atom. The van der Waals surface area contributed by atoms with Crippen molar-refractivity contribution in [1.82, 2.24) is 4.98 Å². The number of rotatable bonds is 5. The molecule has 0 saturated carbocycles. The standard InChI is InChI=1S/C16H16N2O2S/c1-20-15-3-2-13(7-12(15)10-19)17-8-11-6-16-14(18-9-11)4-5-21-16/h2-7,9,17,19H,8,10H2,1H3. The minimum absolute atomic E-state index is 0.0403. The van der Waals surface area contributed by atoms with Gasteiger partial charge in [0.05, 0.1) is 23.9 Å². The number of ether oxygens (including phenoxy) is 1. The van der Waals surface area contributed by atoms with Gasteiger partial charge in [-0.1, -0.05) is 0 Å². The van der Waals surface area contributed by atoms with Gasteiger partial charge < -0.3 is 15.2 Å². The molecule has 4 nitrogen and oxygen atoms in total. The van der Waals surface area contributed by atoms with Crippen molar-refractivity contribution in [3.63, 3.8) is 0 Å². The molecule has 2 N–H and O–H groups in total. The van der Waals surface area contributed by atoms with Crippen LogP contribution >= 0.6 is 11.3 Å². The van der Waals surface area contributed by atoms with E-state index in [2.05, 4.69) is 16.4 Å². The number of methoxy groups -OCH3 is 1. The molecular formula is C16H16N2O2S. The second-order valence-electron chi connectivity index (χ2n) is 4.69. The molecule has 2 heterocycles. The highest BCUT2D eigenvalue weighted by atomic mass is 32.1. The number of aliphatic hydroxyl groups excluding tert-OH is 1. The lowest BCUT2D eigenvalue weighted by molar-refractivity contribution is 0.274. The normalized spacial score (nSPS) is 10.8. The van der Waals surface area contributed by atoms with Gasteiger partial charge in [-0.2, -0.15) is 0 Å². The number of benzene rings is 1. The zero-order valence-corrected chi connectivity index (χ0v) is 12.5. The van der Waals surface area contributed by atoms with Crippen LogP contribution in [0.3, 0.4) is 0 Å². The monoisotopic (exact) mass is 300 g/mol. The topological polar surface area (TPSA) is 54.4 Å². The summed E-state index contributed by atoms with van der Waals surface area (Å²) in [5.74, 6) is 0.699. The molecule has 5 heteroatoms. The van der Waals surface area contributed by atoms with E-state index in [0.717, 1.165) is 22.3 Å². The van der Waals surface area contributed by atoms with Gasteiger partial charge >= 0.3 is 0 Å². The van der Waals surface area contributed by atoms with E-state index in [1.54, 1.807) is 18.4 Å². The summed E-state index contributed by atoms with van der Waals surface area (Å²) in [6.07, 6.45) is 1.89. The molecule has 108 valence electrons. The van der Waals surface area contributed by atoms with Crippen LogP contribution in [0, 0.1) is 0 Å². The molecule has 0 aliphatic carbocycles. The Labute approximate surface area is 127 Å². The van der Waals surface area contributed by atoms with E-state index in [0.29, 0.717) is 12.3 Å². The molecule has 2 aromatic heterocycles. The van der Waals surface area contributed by atoms with Crippen LogP contribution in [-0.2, 0) is 13.2 Å². The Bertz CT molecular complexity index is 755. The fourth-order valence-corrected chi connectivity index (χ4v) is 3.00. The van der Waals surface area contributed by atoms with Crippen molar-refractivity contribution in [2.45, 2.75) is 13.2 Å². The largest absolute Gasteiger partial charge is 0.496 e. The van der Waals surface area contributed by atoms with Crippen LogP contribution in [0.15, 0.2) is 41.9 Å². The molecule has 21 heavy (non-hydrogen) atoms. The smallest absolute Gasteiger partial charge is 0.124 e. The Morgan fingerprint density at radius 1 is 1.29 bits per heavy atom. The van der Waals surface area contributed by atoms with Crippen LogP contribution in [0.5, 0.6) is 5.75 Å². The third kappa shape index (κ3) is 2.99. The number of hydrogen-bond acceptors (Lipinski definition) is 5. The van der Waals surface area contributed by atoms with Crippen molar-refractivity contribution < 1.29 is 9.84 Å². The molecule has 0 bridgehead atoms. The lowest BCUT2D eigenvalue weighted by atomic mass is 10.2. The van der Waals surface area contributed by atoms with Gasteiger partial charge in [-0.25, -0.2) is 0 Å². The third-order valence-corrected chi connectivity index (χ3v) is 4.16. The maximum absolute atomic E-state index is 9.34. The molecule has 0 saturated heterocycles. The Hall–Kier alpha value is -2.11. The van der Waals surface area contributed by atoms with Gasteiger partial charge in [-0.05, 0) is 41.3 Å². The predicted octanol–water partition coefficient (Wildman–Crippen LogP) is 3.41. The number of aromatic nitrogens is 1. The van der Waals surface area contributed by atoms with Crippen molar-refractivity contribution in [3.05, 3.63) is 53.0 Å². The summed E-state index contributed by atoms with van der Waals surface area (Å²) >= 11 is 1.69. The van der Waals surface area contributed by atoms with Crippen molar-refractivity contribution >= 4 is 27.2 Å². The van der Waals surface area contributed by atoms with Gasteiger partial charge in [0.1, 0.15) is 5.75 Å². The van der Waals surface area contributed by atoms with Crippen LogP contribution in [0.1, 0.15) is 11.1 Å². The molecule has 0 atom stereocenters. The summed E-state index contributed by atoms with van der Waals surface area (Å²) in [5, 5.41) is 14.7. The van der Waals surface area contributed by atoms with Crippen molar-refractivity contribution in [2.75, 3.05) is 12.4 Å². The summed E-state index contributed by atoms with van der Waals surface area (Å²) in [7, 11) is 1.60. The molecule has 0 aliphatic heterocycles. The summed E-state index contributed by atoms with van der Waals surface area (Å²) < 4.78 is 6.39. The highest BCUT2D eigenvalue weighted by Crippen LogP contribution is 2.24. The minimum atomic E-state index is -0.0403. The van der Waals surface area contributed by atoms with E-state index in [-0.39, 0.29) is 6.61 Å². The van der Waals surface area contributed by atoms with E-state index in [9.17, 15) is 5.11 Å². The SMILES string of the molecule is COc1ccc(NCc2cnc3ccsc3c2)cc1CO. The maximum Gasteiger partial charge on any atom is 0.124 e. The fraction of sp³-hybridized carbons (Fsp3) is 0.188. The van der Waals surface area contributed by atoms with Crippen LogP contribution in [0.2, 0.25) is 0 Å². The lowest BCUT2D eigenvalue weighted by Gasteiger charge is -2.11. The first-order chi connectivity index (χ1) is 10.3. The van der Waals surface area contributed by atoms with E-state index >= 15 is 0 Å². The van der Waals surface area contributed by atoms with E-state index in [1.807, 2.05) is 35.8 Å². The first kappa shape index (κ1) is 13.9. The molecular weight excluding hydrogens is 284 g/mol. The fourth-order valence-electron chi connectivity index (χ4n) is 2.20. The number of nitrogens with zero attached hydrogens (tertiary/aromatic N) is 1. The highest BCUT2D eigenvalue weighted by Gasteiger charge is 2.04. The molecule has 0 radical (unpaired) electrons. The molecule has 0 fully saturated rings.